The molecule has 2 saturated carbocycles. The lowest BCUT2D eigenvalue weighted by Gasteiger charge is -2.41. The SMILES string of the molecule is CC1CCC(C2COC(C3CCC(C(F)(F)Oc4ccc(-c5cc(F)c(OC(F)(F)F)c(F)c5)cc4)CC3)OC2)CC1. The molecule has 3 fully saturated rings. The molecule has 1 saturated heterocycles. The molecule has 11 heteroatoms. The second-order valence-electron chi connectivity index (χ2n) is 11.9. The monoisotopic (exact) mass is 604 g/mol. The van der Waals surface area contributed by atoms with Gasteiger partial charge in [-0.1, -0.05) is 31.9 Å². The first-order valence-electron chi connectivity index (χ1n) is 14.5. The normalized spacial score (nSPS) is 29.2. The molecular formula is C31H35F7O4. The molecule has 0 N–H and O–H groups in total. The summed E-state index contributed by atoms with van der Waals surface area (Å²) >= 11 is 0. The highest BCUT2D eigenvalue weighted by Crippen LogP contribution is 2.43. The van der Waals surface area contributed by atoms with Crippen LogP contribution in [0.25, 0.3) is 11.1 Å². The van der Waals surface area contributed by atoms with Crippen LogP contribution in [-0.4, -0.2) is 32.0 Å². The van der Waals surface area contributed by atoms with E-state index in [0.29, 0.717) is 50.0 Å². The van der Waals surface area contributed by atoms with Crippen LogP contribution >= 0.6 is 0 Å². The topological polar surface area (TPSA) is 36.9 Å². The van der Waals surface area contributed by atoms with E-state index in [1.54, 1.807) is 0 Å². The van der Waals surface area contributed by atoms with Gasteiger partial charge in [-0.15, -0.1) is 13.2 Å². The molecule has 1 heterocycles. The maximum Gasteiger partial charge on any atom is 0.573 e. The summed E-state index contributed by atoms with van der Waals surface area (Å²) in [5, 5.41) is 0. The van der Waals surface area contributed by atoms with Crippen molar-refractivity contribution in [3.05, 3.63) is 48.0 Å². The number of alkyl halides is 5. The van der Waals surface area contributed by atoms with Gasteiger partial charge in [0.15, 0.2) is 17.9 Å². The molecule has 42 heavy (non-hydrogen) atoms. The number of hydrogen-bond acceptors (Lipinski definition) is 4. The standard InChI is InChI=1S/C31H35F7O4/c1-18-2-4-20(5-3-18)23-16-39-29(40-17-23)21-6-10-24(11-7-21)30(34,35)41-25-12-8-19(9-13-25)22-14-26(32)28(27(33)15-22)42-31(36,37)38/h8-9,12-15,18,20-21,23-24,29H,2-7,10-11,16-17H2,1H3. The molecule has 232 valence electrons. The molecular weight excluding hydrogens is 569 g/mol. The Balaban J connectivity index is 1.11. The van der Waals surface area contributed by atoms with Crippen LogP contribution in [0.5, 0.6) is 11.5 Å². The van der Waals surface area contributed by atoms with E-state index in [0.717, 1.165) is 5.92 Å². The van der Waals surface area contributed by atoms with Crippen molar-refractivity contribution >= 4 is 0 Å². The van der Waals surface area contributed by atoms with Gasteiger partial charge in [0.1, 0.15) is 5.75 Å². The zero-order chi connectivity index (χ0) is 30.1. The first kappa shape index (κ1) is 30.9. The van der Waals surface area contributed by atoms with Crippen molar-refractivity contribution in [2.75, 3.05) is 13.2 Å². The fourth-order valence-electron chi connectivity index (χ4n) is 6.46. The molecule has 0 radical (unpaired) electrons. The Morgan fingerprint density at radius 1 is 0.667 bits per heavy atom. The van der Waals surface area contributed by atoms with Gasteiger partial charge in [0.2, 0.25) is 5.75 Å². The predicted molar refractivity (Wildman–Crippen MR) is 140 cm³/mol. The van der Waals surface area contributed by atoms with E-state index in [-0.39, 0.29) is 41.9 Å². The van der Waals surface area contributed by atoms with E-state index in [2.05, 4.69) is 11.7 Å². The highest BCUT2D eigenvalue weighted by molar-refractivity contribution is 5.65. The lowest BCUT2D eigenvalue weighted by molar-refractivity contribution is -0.276. The van der Waals surface area contributed by atoms with Gasteiger partial charge in [0.25, 0.3) is 0 Å². The molecule has 0 atom stereocenters. The fourth-order valence-corrected chi connectivity index (χ4v) is 6.46. The Morgan fingerprint density at radius 2 is 1.21 bits per heavy atom. The Labute approximate surface area is 240 Å². The first-order valence-corrected chi connectivity index (χ1v) is 14.5. The van der Waals surface area contributed by atoms with Crippen molar-refractivity contribution in [2.45, 2.75) is 77.1 Å². The zero-order valence-electron chi connectivity index (χ0n) is 23.3. The van der Waals surface area contributed by atoms with Gasteiger partial charge >= 0.3 is 12.5 Å². The minimum absolute atomic E-state index is 0.0531. The number of hydrogen-bond donors (Lipinski definition) is 0. The van der Waals surface area contributed by atoms with Gasteiger partial charge in [-0.2, -0.15) is 8.78 Å². The molecule has 0 aromatic heterocycles. The van der Waals surface area contributed by atoms with Crippen molar-refractivity contribution in [1.82, 2.24) is 0 Å². The van der Waals surface area contributed by atoms with Crippen molar-refractivity contribution in [3.63, 3.8) is 0 Å². The van der Waals surface area contributed by atoms with Crippen LogP contribution < -0.4 is 9.47 Å². The quantitative estimate of drug-likeness (QED) is 0.296. The third-order valence-electron chi connectivity index (χ3n) is 8.97. The smallest absolute Gasteiger partial charge is 0.432 e. The summed E-state index contributed by atoms with van der Waals surface area (Å²) in [6.07, 6.45) is -2.63. The largest absolute Gasteiger partial charge is 0.573 e. The highest BCUT2D eigenvalue weighted by Gasteiger charge is 2.46. The molecule has 5 rings (SSSR count). The number of ether oxygens (including phenoxy) is 4. The van der Waals surface area contributed by atoms with Crippen molar-refractivity contribution in [3.8, 4) is 22.6 Å². The second-order valence-corrected chi connectivity index (χ2v) is 11.9. The van der Waals surface area contributed by atoms with Gasteiger partial charge in [0, 0.05) is 11.8 Å². The van der Waals surface area contributed by atoms with Crippen LogP contribution in [0.1, 0.15) is 58.3 Å². The van der Waals surface area contributed by atoms with E-state index in [9.17, 15) is 22.0 Å². The molecule has 2 aliphatic carbocycles. The van der Waals surface area contributed by atoms with Gasteiger partial charge in [-0.05, 0) is 85.8 Å². The van der Waals surface area contributed by atoms with Gasteiger partial charge < -0.3 is 18.9 Å². The molecule has 3 aliphatic rings. The van der Waals surface area contributed by atoms with Crippen molar-refractivity contribution in [1.29, 1.82) is 0 Å². The number of halogens is 7. The van der Waals surface area contributed by atoms with Crippen molar-refractivity contribution < 1.29 is 49.7 Å². The average Bonchev–Trinajstić information content (AvgIpc) is 2.95. The summed E-state index contributed by atoms with van der Waals surface area (Å²) in [4.78, 5) is 0. The average molecular weight is 605 g/mol. The van der Waals surface area contributed by atoms with Crippen LogP contribution in [0, 0.1) is 41.2 Å². The maximum atomic E-state index is 15.1. The van der Waals surface area contributed by atoms with E-state index >= 15 is 8.78 Å². The number of benzene rings is 2. The molecule has 0 spiro atoms. The molecule has 2 aromatic rings. The van der Waals surface area contributed by atoms with Crippen LogP contribution in [0.3, 0.4) is 0 Å². The second kappa shape index (κ2) is 12.6. The van der Waals surface area contributed by atoms with Gasteiger partial charge in [-0.3, -0.25) is 0 Å². The minimum Gasteiger partial charge on any atom is -0.432 e. The lowest BCUT2D eigenvalue weighted by atomic mass is 9.76. The molecule has 0 bridgehead atoms. The van der Waals surface area contributed by atoms with E-state index in [4.69, 9.17) is 14.2 Å². The maximum absolute atomic E-state index is 15.1. The molecule has 1 aliphatic heterocycles. The summed E-state index contributed by atoms with van der Waals surface area (Å²) in [6, 6.07) is 6.36. The Hall–Kier alpha value is -2.53. The Kier molecular flexibility index (Phi) is 9.27. The van der Waals surface area contributed by atoms with E-state index < -0.39 is 35.8 Å². The van der Waals surface area contributed by atoms with Crippen LogP contribution in [0.2, 0.25) is 0 Å². The first-order chi connectivity index (χ1) is 19.9. The van der Waals surface area contributed by atoms with Crippen molar-refractivity contribution in [2.24, 2.45) is 29.6 Å². The molecule has 0 unspecified atom stereocenters. The third-order valence-corrected chi connectivity index (χ3v) is 8.97. The molecule has 2 aromatic carbocycles. The predicted octanol–water partition coefficient (Wildman–Crippen LogP) is 9.12. The van der Waals surface area contributed by atoms with Gasteiger partial charge in [-0.25, -0.2) is 8.78 Å². The summed E-state index contributed by atoms with van der Waals surface area (Å²) in [7, 11) is 0. The highest BCUT2D eigenvalue weighted by atomic mass is 19.4. The number of rotatable bonds is 7. The third kappa shape index (κ3) is 7.51. The molecule has 0 amide bonds. The van der Waals surface area contributed by atoms with Crippen LogP contribution in [0.15, 0.2) is 36.4 Å². The van der Waals surface area contributed by atoms with E-state index in [1.807, 2.05) is 0 Å². The van der Waals surface area contributed by atoms with Crippen LogP contribution in [0.4, 0.5) is 30.7 Å². The summed E-state index contributed by atoms with van der Waals surface area (Å²) in [5.41, 5.74) is 0.0956. The minimum atomic E-state index is -5.26. The zero-order valence-corrected chi connectivity index (χ0v) is 23.3. The Morgan fingerprint density at radius 3 is 1.76 bits per heavy atom. The lowest BCUT2D eigenvalue weighted by Crippen LogP contribution is -2.43. The summed E-state index contributed by atoms with van der Waals surface area (Å²) < 4.78 is 116. The summed E-state index contributed by atoms with van der Waals surface area (Å²) in [6.45, 7) is 3.60. The van der Waals surface area contributed by atoms with Crippen LogP contribution in [-0.2, 0) is 9.47 Å². The summed E-state index contributed by atoms with van der Waals surface area (Å²) in [5.74, 6) is -3.95. The Bertz CT molecular complexity index is 1160. The fraction of sp³-hybridized carbons (Fsp3) is 0.613. The van der Waals surface area contributed by atoms with Gasteiger partial charge in [0.05, 0.1) is 19.1 Å². The van der Waals surface area contributed by atoms with E-state index in [1.165, 1.54) is 49.9 Å². The molecule has 4 nitrogen and oxygen atoms in total.